The monoisotopic (exact) mass is 519 g/mol. The van der Waals surface area contributed by atoms with E-state index in [0.717, 1.165) is 34.4 Å². The number of nitrogens with zero attached hydrogens (tertiary/aromatic N) is 5. The van der Waals surface area contributed by atoms with Gasteiger partial charge in [0.1, 0.15) is 11.4 Å². The number of benzene rings is 2. The van der Waals surface area contributed by atoms with Crippen LogP contribution < -0.4 is 37.2 Å². The van der Waals surface area contributed by atoms with Gasteiger partial charge in [-0.15, -0.1) is 0 Å². The molecule has 160 valence electrons. The van der Waals surface area contributed by atoms with E-state index in [1.165, 1.54) is 0 Å². The third-order valence-electron chi connectivity index (χ3n) is 4.56. The average molecular weight is 521 g/mol. The third-order valence-corrected chi connectivity index (χ3v) is 4.56. The molecule has 0 unspecified atom stereocenters. The van der Waals surface area contributed by atoms with Gasteiger partial charge in [-0.1, -0.05) is 42.5 Å². The fourth-order valence-electron chi connectivity index (χ4n) is 3.26. The van der Waals surface area contributed by atoms with Gasteiger partial charge in [0.15, 0.2) is 11.6 Å². The van der Waals surface area contributed by atoms with Crippen LogP contribution in [0.15, 0.2) is 104 Å². The molecule has 0 N–H and O–H groups in total. The molecule has 0 amide bonds. The first kappa shape index (κ1) is 27.5. The van der Waals surface area contributed by atoms with Crippen molar-refractivity contribution in [2.24, 2.45) is 0 Å². The largest absolute Gasteiger partial charge is 3.00 e. The quantitative estimate of drug-likeness (QED) is 0.242. The van der Waals surface area contributed by atoms with E-state index in [-0.39, 0.29) is 55.8 Å². The summed E-state index contributed by atoms with van der Waals surface area (Å²) >= 11 is 0. The van der Waals surface area contributed by atoms with Gasteiger partial charge in [-0.3, -0.25) is 9.13 Å². The molecule has 0 atom stereocenters. The normalized spacial score (nSPS) is 9.50. The van der Waals surface area contributed by atoms with Crippen LogP contribution in [0.4, 0.5) is 0 Å². The fourth-order valence-corrected chi connectivity index (χ4v) is 3.26. The van der Waals surface area contributed by atoms with Gasteiger partial charge >= 0.3 is 18.6 Å². The Hall–Kier alpha value is -2.54. The summed E-state index contributed by atoms with van der Waals surface area (Å²) in [5.74, 6) is 1.59. The Kier molecular flexibility index (Phi) is 10.7. The van der Waals surface area contributed by atoms with Crippen molar-refractivity contribution in [1.29, 1.82) is 0 Å². The summed E-state index contributed by atoms with van der Waals surface area (Å²) < 4.78 is 4.07. The second-order valence-corrected chi connectivity index (χ2v) is 6.32. The number of aromatic nitrogens is 5. The van der Waals surface area contributed by atoms with E-state index in [1.54, 1.807) is 12.4 Å². The predicted octanol–water partition coefficient (Wildman–Crippen LogP) is -4.20. The molecule has 0 aliphatic carbocycles. The molecule has 0 saturated carbocycles. The van der Waals surface area contributed by atoms with Gasteiger partial charge in [0, 0.05) is 36.2 Å². The number of imidazole rings is 2. The van der Waals surface area contributed by atoms with Gasteiger partial charge < -0.3 is 37.2 Å². The van der Waals surface area contributed by atoms with Crippen molar-refractivity contribution >= 4 is 0 Å². The van der Waals surface area contributed by atoms with Crippen LogP contribution in [0.1, 0.15) is 0 Å². The maximum Gasteiger partial charge on any atom is 3.00 e. The first-order chi connectivity index (χ1) is 13.9. The van der Waals surface area contributed by atoms with Crippen molar-refractivity contribution < 1.29 is 55.8 Å². The summed E-state index contributed by atoms with van der Waals surface area (Å²) in [6, 6.07) is 26.2. The molecule has 9 heteroatoms. The Labute approximate surface area is 217 Å². The van der Waals surface area contributed by atoms with Crippen molar-refractivity contribution in [3.8, 4) is 34.4 Å². The first-order valence-corrected chi connectivity index (χ1v) is 9.05. The van der Waals surface area contributed by atoms with Crippen LogP contribution in [0.2, 0.25) is 0 Å². The van der Waals surface area contributed by atoms with Crippen LogP contribution in [0, 0.1) is 0 Å². The Morgan fingerprint density at radius 1 is 0.500 bits per heavy atom. The maximum absolute atomic E-state index is 4.86. The number of pyridine rings is 1. The Bertz CT molecular complexity index is 1130. The molecular formula is C23H17Cl3N5V. The molecule has 0 bridgehead atoms. The SMILES string of the molecule is [Cl-].[Cl-].[Cl-].[V+3].c1ccc(-n2ccnc2-c2cccc(-c3nccn3-c3ccccc3)n2)cc1. The van der Waals surface area contributed by atoms with Crippen molar-refractivity contribution in [3.63, 3.8) is 0 Å². The van der Waals surface area contributed by atoms with Gasteiger partial charge in [-0.25, -0.2) is 15.0 Å². The van der Waals surface area contributed by atoms with Gasteiger partial charge in [-0.2, -0.15) is 0 Å². The summed E-state index contributed by atoms with van der Waals surface area (Å²) in [5.41, 5.74) is 3.70. The molecule has 0 saturated heterocycles. The molecule has 0 fully saturated rings. The minimum absolute atomic E-state index is 0. The molecular weight excluding hydrogens is 504 g/mol. The van der Waals surface area contributed by atoms with Gasteiger partial charge in [0.25, 0.3) is 0 Å². The van der Waals surface area contributed by atoms with Crippen molar-refractivity contribution in [1.82, 2.24) is 24.1 Å². The summed E-state index contributed by atoms with van der Waals surface area (Å²) in [5, 5.41) is 0. The molecule has 5 rings (SSSR count). The molecule has 0 aliphatic rings. The maximum atomic E-state index is 4.86. The number of hydrogen-bond acceptors (Lipinski definition) is 3. The summed E-state index contributed by atoms with van der Waals surface area (Å²) in [6.45, 7) is 0. The zero-order valence-corrected chi connectivity index (χ0v) is 20.3. The van der Waals surface area contributed by atoms with Crippen LogP contribution in [0.5, 0.6) is 0 Å². The molecule has 3 heterocycles. The van der Waals surface area contributed by atoms with Crippen LogP contribution in [-0.4, -0.2) is 24.1 Å². The zero-order valence-electron chi connectivity index (χ0n) is 16.6. The van der Waals surface area contributed by atoms with Crippen LogP contribution >= 0.6 is 0 Å². The Morgan fingerprint density at radius 3 is 1.31 bits per heavy atom. The second kappa shape index (κ2) is 12.5. The Morgan fingerprint density at radius 2 is 0.906 bits per heavy atom. The van der Waals surface area contributed by atoms with Crippen molar-refractivity contribution in [3.05, 3.63) is 104 Å². The first-order valence-electron chi connectivity index (χ1n) is 9.05. The topological polar surface area (TPSA) is 48.5 Å². The van der Waals surface area contributed by atoms with E-state index in [0.29, 0.717) is 0 Å². The molecule has 0 spiro atoms. The van der Waals surface area contributed by atoms with E-state index < -0.39 is 0 Å². The molecule has 5 nitrogen and oxygen atoms in total. The van der Waals surface area contributed by atoms with E-state index in [4.69, 9.17) is 4.98 Å². The van der Waals surface area contributed by atoms with Gasteiger partial charge in [-0.05, 0) is 36.4 Å². The smallest absolute Gasteiger partial charge is 1.00 e. The molecule has 0 radical (unpaired) electrons. The Balaban J connectivity index is 0.00000128. The van der Waals surface area contributed by atoms with Crippen molar-refractivity contribution in [2.75, 3.05) is 0 Å². The molecule has 3 aromatic heterocycles. The molecule has 5 aromatic rings. The average Bonchev–Trinajstić information content (AvgIpc) is 3.45. The standard InChI is InChI=1S/C23H17N5.3ClH.V/c1-3-8-18(9-4-1)27-16-14-24-22(27)20-12-7-13-21(26-20)23-25-15-17-28(23)19-10-5-2-6-11-19;;;;/h1-17H;3*1H;/q;;;;+3/p-3. The summed E-state index contributed by atoms with van der Waals surface area (Å²) in [4.78, 5) is 13.9. The molecule has 0 aliphatic heterocycles. The van der Waals surface area contributed by atoms with Gasteiger partial charge in [0.2, 0.25) is 0 Å². The van der Waals surface area contributed by atoms with Crippen LogP contribution in [-0.2, 0) is 18.6 Å². The van der Waals surface area contributed by atoms with E-state index in [9.17, 15) is 0 Å². The number of hydrogen-bond donors (Lipinski definition) is 0. The number of para-hydroxylation sites is 2. The van der Waals surface area contributed by atoms with Crippen LogP contribution in [0.3, 0.4) is 0 Å². The fraction of sp³-hybridized carbons (Fsp3) is 0. The number of rotatable bonds is 4. The third kappa shape index (κ3) is 5.44. The van der Waals surface area contributed by atoms with Crippen LogP contribution in [0.25, 0.3) is 34.4 Å². The molecule has 2 aromatic carbocycles. The van der Waals surface area contributed by atoms with Crippen molar-refractivity contribution in [2.45, 2.75) is 0 Å². The zero-order chi connectivity index (χ0) is 18.8. The van der Waals surface area contributed by atoms with E-state index in [1.807, 2.05) is 76.1 Å². The minimum atomic E-state index is 0. The number of halogens is 3. The predicted molar refractivity (Wildman–Crippen MR) is 109 cm³/mol. The second-order valence-electron chi connectivity index (χ2n) is 6.32. The minimum Gasteiger partial charge on any atom is -1.00 e. The summed E-state index contributed by atoms with van der Waals surface area (Å²) in [7, 11) is 0. The van der Waals surface area contributed by atoms with Gasteiger partial charge in [0.05, 0.1) is 0 Å². The van der Waals surface area contributed by atoms with E-state index >= 15 is 0 Å². The summed E-state index contributed by atoms with van der Waals surface area (Å²) in [6.07, 6.45) is 7.48. The van der Waals surface area contributed by atoms with E-state index in [2.05, 4.69) is 34.2 Å². The molecule has 32 heavy (non-hydrogen) atoms.